The fourth-order valence-electron chi connectivity index (χ4n) is 4.00. The fraction of sp³-hybridized carbons (Fsp3) is 0.474. The Balaban J connectivity index is 1.64. The number of hydrogen-bond donors (Lipinski definition) is 1. The summed E-state index contributed by atoms with van der Waals surface area (Å²) in [6.07, 6.45) is 4.87. The lowest BCUT2D eigenvalue weighted by Crippen LogP contribution is -2.49. The quantitative estimate of drug-likeness (QED) is 0.876. The molecule has 5 heteroatoms. The number of para-hydroxylation sites is 1. The molecule has 4 rings (SSSR count). The number of piperidine rings is 1. The van der Waals surface area contributed by atoms with Crippen molar-refractivity contribution in [1.29, 1.82) is 0 Å². The molecule has 3 heterocycles. The van der Waals surface area contributed by atoms with E-state index in [1.807, 2.05) is 24.0 Å². The molecular formula is C19H22N2O3. The third-order valence-electron chi connectivity index (χ3n) is 5.36. The van der Waals surface area contributed by atoms with Crippen LogP contribution in [0.2, 0.25) is 0 Å². The minimum atomic E-state index is -0.181. The molecule has 2 aromatic rings. The minimum absolute atomic E-state index is 0.163. The van der Waals surface area contributed by atoms with Crippen LogP contribution in [0.3, 0.4) is 0 Å². The zero-order valence-corrected chi connectivity index (χ0v) is 13.9. The van der Waals surface area contributed by atoms with Gasteiger partial charge in [0.1, 0.15) is 5.56 Å². The number of aryl methyl sites for hydroxylation is 1. The van der Waals surface area contributed by atoms with E-state index in [0.717, 1.165) is 36.9 Å². The number of fused-ring (bicyclic) bond motifs is 2. The van der Waals surface area contributed by atoms with E-state index < -0.39 is 0 Å². The number of hydrogen-bond acceptors (Lipinski definition) is 3. The van der Waals surface area contributed by atoms with Gasteiger partial charge >= 0.3 is 0 Å². The Hall–Kier alpha value is -2.14. The molecule has 24 heavy (non-hydrogen) atoms. The summed E-state index contributed by atoms with van der Waals surface area (Å²) >= 11 is 0. The summed E-state index contributed by atoms with van der Waals surface area (Å²) in [5.41, 5.74) is 1.87. The van der Waals surface area contributed by atoms with E-state index in [0.29, 0.717) is 24.4 Å². The molecule has 0 radical (unpaired) electrons. The summed E-state index contributed by atoms with van der Waals surface area (Å²) in [5, 5.41) is 0.580. The summed E-state index contributed by atoms with van der Waals surface area (Å²) in [6.45, 7) is 4.13. The van der Waals surface area contributed by atoms with E-state index in [-0.39, 0.29) is 23.0 Å². The van der Waals surface area contributed by atoms with Crippen molar-refractivity contribution in [3.63, 3.8) is 0 Å². The van der Waals surface area contributed by atoms with Crippen molar-refractivity contribution in [2.45, 2.75) is 32.3 Å². The molecule has 1 aromatic carbocycles. The molecular weight excluding hydrogens is 304 g/mol. The normalized spacial score (nSPS) is 24.0. The van der Waals surface area contributed by atoms with Gasteiger partial charge in [0.05, 0.1) is 11.6 Å². The summed E-state index contributed by atoms with van der Waals surface area (Å²) in [4.78, 5) is 30.6. The van der Waals surface area contributed by atoms with E-state index in [1.165, 1.54) is 0 Å². The molecule has 1 amide bonds. The minimum Gasteiger partial charge on any atom is -0.378 e. The Morgan fingerprint density at radius 2 is 2.21 bits per heavy atom. The Morgan fingerprint density at radius 3 is 3.08 bits per heavy atom. The van der Waals surface area contributed by atoms with Gasteiger partial charge in [0, 0.05) is 37.2 Å². The van der Waals surface area contributed by atoms with Gasteiger partial charge in [0.2, 0.25) is 5.43 Å². The highest BCUT2D eigenvalue weighted by Gasteiger charge is 2.34. The molecule has 1 N–H and O–H groups in total. The zero-order chi connectivity index (χ0) is 16.7. The molecule has 5 nitrogen and oxygen atoms in total. The van der Waals surface area contributed by atoms with Gasteiger partial charge in [-0.2, -0.15) is 0 Å². The average Bonchev–Trinajstić information content (AvgIpc) is 2.62. The highest BCUT2D eigenvalue weighted by Crippen LogP contribution is 2.28. The first-order valence-corrected chi connectivity index (χ1v) is 8.67. The number of carbonyl (C=O) groups excluding carboxylic acids is 1. The number of nitrogens with zero attached hydrogens (tertiary/aromatic N) is 1. The van der Waals surface area contributed by atoms with Crippen LogP contribution in [0.4, 0.5) is 0 Å². The second kappa shape index (κ2) is 6.06. The standard InChI is InChI=1S/C19H22N2O3/c1-12-4-2-6-14-17(12)20-10-15(18(14)22)19(23)21-8-7-16-13(11-21)5-3-9-24-16/h2,4,6,10,13,16H,3,5,7-9,11H2,1H3,(H,20,22)/t13-,16-/m0/s1. The lowest BCUT2D eigenvalue weighted by atomic mass is 9.88. The number of rotatable bonds is 1. The summed E-state index contributed by atoms with van der Waals surface area (Å²) in [7, 11) is 0. The molecule has 2 fully saturated rings. The molecule has 0 spiro atoms. The predicted octanol–water partition coefficient (Wildman–Crippen LogP) is 2.48. The second-order valence-corrected chi connectivity index (χ2v) is 6.88. The largest absolute Gasteiger partial charge is 0.378 e. The lowest BCUT2D eigenvalue weighted by Gasteiger charge is -2.40. The molecule has 2 saturated heterocycles. The van der Waals surface area contributed by atoms with E-state index >= 15 is 0 Å². The van der Waals surface area contributed by atoms with Crippen LogP contribution >= 0.6 is 0 Å². The Morgan fingerprint density at radius 1 is 1.33 bits per heavy atom. The molecule has 0 saturated carbocycles. The highest BCUT2D eigenvalue weighted by molar-refractivity contribution is 5.97. The summed E-state index contributed by atoms with van der Waals surface area (Å²) in [5.74, 6) is 0.238. The van der Waals surface area contributed by atoms with Gasteiger partial charge in [-0.3, -0.25) is 9.59 Å². The molecule has 1 aromatic heterocycles. The molecule has 0 aliphatic carbocycles. The number of aromatic amines is 1. The van der Waals surface area contributed by atoms with Gasteiger partial charge in [-0.05, 0) is 37.8 Å². The summed E-state index contributed by atoms with van der Waals surface area (Å²) < 4.78 is 5.80. The number of pyridine rings is 1. The molecule has 2 aliphatic heterocycles. The smallest absolute Gasteiger partial charge is 0.259 e. The van der Waals surface area contributed by atoms with Gasteiger partial charge in [-0.25, -0.2) is 0 Å². The van der Waals surface area contributed by atoms with Crippen LogP contribution in [0, 0.1) is 12.8 Å². The fourth-order valence-corrected chi connectivity index (χ4v) is 4.00. The monoisotopic (exact) mass is 326 g/mol. The second-order valence-electron chi connectivity index (χ2n) is 6.88. The average molecular weight is 326 g/mol. The van der Waals surface area contributed by atoms with Crippen molar-refractivity contribution in [3.05, 3.63) is 45.7 Å². The molecule has 2 aliphatic rings. The van der Waals surface area contributed by atoms with E-state index in [2.05, 4.69) is 4.98 Å². The van der Waals surface area contributed by atoms with Crippen molar-refractivity contribution >= 4 is 16.8 Å². The van der Waals surface area contributed by atoms with Gasteiger partial charge in [-0.15, -0.1) is 0 Å². The highest BCUT2D eigenvalue weighted by atomic mass is 16.5. The van der Waals surface area contributed by atoms with Crippen LogP contribution in [0.25, 0.3) is 10.9 Å². The van der Waals surface area contributed by atoms with Crippen LogP contribution < -0.4 is 5.43 Å². The number of likely N-dealkylation sites (tertiary alicyclic amines) is 1. The first kappa shape index (κ1) is 15.4. The van der Waals surface area contributed by atoms with Crippen molar-refractivity contribution in [1.82, 2.24) is 9.88 Å². The maximum absolute atomic E-state index is 12.9. The zero-order valence-electron chi connectivity index (χ0n) is 13.9. The van der Waals surface area contributed by atoms with E-state index in [1.54, 1.807) is 12.3 Å². The predicted molar refractivity (Wildman–Crippen MR) is 92.3 cm³/mol. The van der Waals surface area contributed by atoms with Gasteiger partial charge in [0.15, 0.2) is 0 Å². The molecule has 0 bridgehead atoms. The van der Waals surface area contributed by atoms with E-state index in [4.69, 9.17) is 4.74 Å². The topological polar surface area (TPSA) is 62.4 Å². The van der Waals surface area contributed by atoms with Crippen LogP contribution in [0.1, 0.15) is 35.2 Å². The summed E-state index contributed by atoms with van der Waals surface area (Å²) in [6, 6.07) is 5.58. The number of aromatic nitrogens is 1. The van der Waals surface area contributed by atoms with Gasteiger partial charge in [0.25, 0.3) is 5.91 Å². The van der Waals surface area contributed by atoms with Crippen molar-refractivity contribution < 1.29 is 9.53 Å². The van der Waals surface area contributed by atoms with Crippen LogP contribution in [0.15, 0.2) is 29.2 Å². The Kier molecular flexibility index (Phi) is 3.88. The van der Waals surface area contributed by atoms with Crippen LogP contribution in [-0.2, 0) is 4.74 Å². The van der Waals surface area contributed by atoms with Crippen LogP contribution in [-0.4, -0.2) is 41.6 Å². The number of benzene rings is 1. The van der Waals surface area contributed by atoms with Crippen LogP contribution in [0.5, 0.6) is 0 Å². The Bertz CT molecular complexity index is 842. The SMILES string of the molecule is Cc1cccc2c(=O)c(C(=O)N3CC[C@@H]4OCCC[C@H]4C3)c[nH]c12. The van der Waals surface area contributed by atoms with Crippen molar-refractivity contribution in [2.75, 3.05) is 19.7 Å². The lowest BCUT2D eigenvalue weighted by molar-refractivity contribution is -0.0607. The molecule has 2 atom stereocenters. The number of nitrogens with one attached hydrogen (secondary N) is 1. The maximum atomic E-state index is 12.9. The Labute approximate surface area is 140 Å². The van der Waals surface area contributed by atoms with Crippen molar-refractivity contribution in [3.8, 4) is 0 Å². The van der Waals surface area contributed by atoms with E-state index in [9.17, 15) is 9.59 Å². The number of ether oxygens (including phenoxy) is 1. The first-order valence-electron chi connectivity index (χ1n) is 8.67. The number of carbonyl (C=O) groups is 1. The van der Waals surface area contributed by atoms with Crippen molar-refractivity contribution in [2.24, 2.45) is 5.92 Å². The first-order chi connectivity index (χ1) is 11.6. The molecule has 126 valence electrons. The molecule has 0 unspecified atom stereocenters. The number of amides is 1. The number of H-pyrrole nitrogens is 1. The third kappa shape index (κ3) is 2.53. The van der Waals surface area contributed by atoms with Gasteiger partial charge < -0.3 is 14.6 Å². The van der Waals surface area contributed by atoms with Gasteiger partial charge in [-0.1, -0.05) is 12.1 Å². The maximum Gasteiger partial charge on any atom is 0.259 e. The third-order valence-corrected chi connectivity index (χ3v) is 5.36.